The van der Waals surface area contributed by atoms with Gasteiger partial charge in [-0.05, 0) is 52.0 Å². The topological polar surface area (TPSA) is 46.2 Å². The molecule has 0 aromatic heterocycles. The van der Waals surface area contributed by atoms with Crippen molar-refractivity contribution >= 4 is 15.9 Å². The van der Waals surface area contributed by atoms with Crippen molar-refractivity contribution in [1.82, 2.24) is 0 Å². The monoisotopic (exact) mass is 227 g/mol. The van der Waals surface area contributed by atoms with Crippen LogP contribution in [0.3, 0.4) is 0 Å². The Morgan fingerprint density at radius 3 is 3.00 bits per heavy atom. The Labute approximate surface area is 79.5 Å². The Bertz CT molecular complexity index is 325. The number of nitrogens with two attached hydrogens (primary N) is 1. The number of rotatable bonds is 0. The lowest BCUT2D eigenvalue weighted by atomic mass is 10.1. The highest BCUT2D eigenvalue weighted by Crippen LogP contribution is 2.36. The van der Waals surface area contributed by atoms with Gasteiger partial charge in [0.1, 0.15) is 5.75 Å². The van der Waals surface area contributed by atoms with E-state index >= 15 is 0 Å². The minimum absolute atomic E-state index is 0.110. The van der Waals surface area contributed by atoms with Gasteiger partial charge in [0, 0.05) is 6.04 Å². The molecular formula is C9H10BrNO. The number of hydrogen-bond donors (Lipinski definition) is 2. The molecule has 1 aliphatic rings. The zero-order valence-corrected chi connectivity index (χ0v) is 8.13. The number of aromatic hydroxyl groups is 1. The lowest BCUT2D eigenvalue weighted by Gasteiger charge is -2.05. The van der Waals surface area contributed by atoms with Gasteiger partial charge in [0.2, 0.25) is 0 Å². The second-order valence-corrected chi connectivity index (χ2v) is 4.00. The van der Waals surface area contributed by atoms with E-state index in [2.05, 4.69) is 15.9 Å². The van der Waals surface area contributed by atoms with Gasteiger partial charge in [-0.3, -0.25) is 0 Å². The maximum Gasteiger partial charge on any atom is 0.130 e. The van der Waals surface area contributed by atoms with Crippen LogP contribution in [0.1, 0.15) is 23.6 Å². The van der Waals surface area contributed by atoms with Gasteiger partial charge < -0.3 is 10.8 Å². The normalized spacial score (nSPS) is 21.0. The first-order valence-corrected chi connectivity index (χ1v) is 4.74. The molecule has 1 aliphatic carbocycles. The fourth-order valence-electron chi connectivity index (χ4n) is 1.65. The molecule has 1 aromatic rings. The average molecular weight is 228 g/mol. The molecule has 0 unspecified atom stereocenters. The van der Waals surface area contributed by atoms with Crippen LogP contribution in [0.4, 0.5) is 0 Å². The quantitative estimate of drug-likeness (QED) is 0.714. The number of phenols is 1. The van der Waals surface area contributed by atoms with Crippen LogP contribution >= 0.6 is 15.9 Å². The van der Waals surface area contributed by atoms with E-state index in [9.17, 15) is 5.11 Å². The van der Waals surface area contributed by atoms with Gasteiger partial charge in [-0.25, -0.2) is 0 Å². The van der Waals surface area contributed by atoms with Gasteiger partial charge in [0.25, 0.3) is 0 Å². The van der Waals surface area contributed by atoms with Gasteiger partial charge in [-0.15, -0.1) is 0 Å². The third kappa shape index (κ3) is 1.13. The van der Waals surface area contributed by atoms with Crippen molar-refractivity contribution in [2.45, 2.75) is 18.9 Å². The Kier molecular flexibility index (Phi) is 1.85. The minimum Gasteiger partial charge on any atom is -0.507 e. The first kappa shape index (κ1) is 8.08. The zero-order chi connectivity index (χ0) is 8.72. The molecule has 0 saturated carbocycles. The number of halogens is 1. The summed E-state index contributed by atoms with van der Waals surface area (Å²) in [6.45, 7) is 0. The molecule has 2 rings (SSSR count). The Hall–Kier alpha value is -0.540. The number of aryl methyl sites for hydroxylation is 1. The lowest BCUT2D eigenvalue weighted by molar-refractivity contribution is 0.470. The standard InChI is InChI=1S/C9H10BrNO/c10-7-3-5-1-2-8(11)6(5)4-9(7)12/h3-4,8,12H,1-2,11H2/t8-/m0/s1. The van der Waals surface area contributed by atoms with E-state index < -0.39 is 0 Å². The molecule has 1 atom stereocenters. The molecule has 0 aliphatic heterocycles. The van der Waals surface area contributed by atoms with Crippen LogP contribution < -0.4 is 5.73 Å². The largest absolute Gasteiger partial charge is 0.507 e. The molecule has 64 valence electrons. The summed E-state index contributed by atoms with van der Waals surface area (Å²) in [6, 6.07) is 3.83. The highest BCUT2D eigenvalue weighted by Gasteiger charge is 2.20. The second-order valence-electron chi connectivity index (χ2n) is 3.15. The van der Waals surface area contributed by atoms with Gasteiger partial charge in [-0.2, -0.15) is 0 Å². The van der Waals surface area contributed by atoms with Crippen LogP contribution in [0.2, 0.25) is 0 Å². The van der Waals surface area contributed by atoms with Crippen molar-refractivity contribution in [2.75, 3.05) is 0 Å². The summed E-state index contributed by atoms with van der Waals surface area (Å²) >= 11 is 3.28. The molecule has 2 nitrogen and oxygen atoms in total. The average Bonchev–Trinajstić information content (AvgIpc) is 2.35. The third-order valence-corrected chi connectivity index (χ3v) is 2.97. The maximum atomic E-state index is 9.40. The van der Waals surface area contributed by atoms with E-state index in [-0.39, 0.29) is 11.8 Å². The maximum absolute atomic E-state index is 9.40. The van der Waals surface area contributed by atoms with Crippen molar-refractivity contribution in [2.24, 2.45) is 5.73 Å². The van der Waals surface area contributed by atoms with Crippen molar-refractivity contribution in [3.63, 3.8) is 0 Å². The number of hydrogen-bond acceptors (Lipinski definition) is 2. The minimum atomic E-state index is 0.110. The highest BCUT2D eigenvalue weighted by atomic mass is 79.9. The molecular weight excluding hydrogens is 218 g/mol. The summed E-state index contributed by atoms with van der Waals surface area (Å²) in [5, 5.41) is 9.40. The molecule has 12 heavy (non-hydrogen) atoms. The second kappa shape index (κ2) is 2.75. The molecule has 0 spiro atoms. The predicted molar refractivity (Wildman–Crippen MR) is 51.1 cm³/mol. The zero-order valence-electron chi connectivity index (χ0n) is 6.55. The first-order valence-electron chi connectivity index (χ1n) is 3.95. The molecule has 0 bridgehead atoms. The molecule has 0 heterocycles. The van der Waals surface area contributed by atoms with Crippen molar-refractivity contribution < 1.29 is 5.11 Å². The number of benzene rings is 1. The van der Waals surface area contributed by atoms with E-state index in [1.54, 1.807) is 6.07 Å². The number of fused-ring (bicyclic) bond motifs is 1. The summed E-state index contributed by atoms with van der Waals surface area (Å²) in [4.78, 5) is 0. The Morgan fingerprint density at radius 2 is 2.25 bits per heavy atom. The summed E-state index contributed by atoms with van der Waals surface area (Å²) in [6.07, 6.45) is 2.01. The smallest absolute Gasteiger partial charge is 0.130 e. The molecule has 1 aromatic carbocycles. The van der Waals surface area contributed by atoms with Gasteiger partial charge in [0.15, 0.2) is 0 Å². The van der Waals surface area contributed by atoms with E-state index in [1.807, 2.05) is 6.07 Å². The molecule has 3 heteroatoms. The fourth-order valence-corrected chi connectivity index (χ4v) is 2.04. The van der Waals surface area contributed by atoms with Crippen LogP contribution in [0, 0.1) is 0 Å². The molecule has 3 N–H and O–H groups in total. The van der Waals surface area contributed by atoms with E-state index in [0.29, 0.717) is 0 Å². The molecule has 0 fully saturated rings. The van der Waals surface area contributed by atoms with Crippen LogP contribution in [0.25, 0.3) is 0 Å². The predicted octanol–water partition coefficient (Wildman–Crippen LogP) is 2.10. The van der Waals surface area contributed by atoms with Gasteiger partial charge in [-0.1, -0.05) is 0 Å². The number of phenolic OH excluding ortho intramolecular Hbond substituents is 1. The summed E-state index contributed by atoms with van der Waals surface area (Å²) < 4.78 is 0.760. The van der Waals surface area contributed by atoms with Crippen LogP contribution in [-0.4, -0.2) is 5.11 Å². The van der Waals surface area contributed by atoms with E-state index in [0.717, 1.165) is 22.9 Å². The third-order valence-electron chi connectivity index (χ3n) is 2.33. The van der Waals surface area contributed by atoms with Crippen molar-refractivity contribution in [1.29, 1.82) is 0 Å². The molecule has 0 amide bonds. The Morgan fingerprint density at radius 1 is 1.50 bits per heavy atom. The van der Waals surface area contributed by atoms with Crippen LogP contribution in [0.5, 0.6) is 5.75 Å². The summed E-state index contributed by atoms with van der Waals surface area (Å²) in [5.41, 5.74) is 8.19. The van der Waals surface area contributed by atoms with E-state index in [1.165, 1.54) is 5.56 Å². The van der Waals surface area contributed by atoms with Crippen LogP contribution in [0.15, 0.2) is 16.6 Å². The van der Waals surface area contributed by atoms with Crippen molar-refractivity contribution in [3.05, 3.63) is 27.7 Å². The lowest BCUT2D eigenvalue weighted by Crippen LogP contribution is -2.04. The first-order chi connectivity index (χ1) is 5.68. The highest BCUT2D eigenvalue weighted by molar-refractivity contribution is 9.10. The van der Waals surface area contributed by atoms with E-state index in [4.69, 9.17) is 5.73 Å². The molecule has 0 saturated heterocycles. The SMILES string of the molecule is N[C@H]1CCc2cc(Br)c(O)cc21. The van der Waals surface area contributed by atoms with Crippen LogP contribution in [-0.2, 0) is 6.42 Å². The summed E-state index contributed by atoms with van der Waals surface area (Å²) in [5.74, 6) is 0.283. The van der Waals surface area contributed by atoms with Gasteiger partial charge >= 0.3 is 0 Å². The molecule has 0 radical (unpaired) electrons. The Balaban J connectivity index is 2.56. The van der Waals surface area contributed by atoms with Gasteiger partial charge in [0.05, 0.1) is 4.47 Å². The van der Waals surface area contributed by atoms with Crippen molar-refractivity contribution in [3.8, 4) is 5.75 Å². The summed E-state index contributed by atoms with van der Waals surface area (Å²) in [7, 11) is 0. The fraction of sp³-hybridized carbons (Fsp3) is 0.333.